The molecule has 3 aliphatic heterocycles. The van der Waals surface area contributed by atoms with Gasteiger partial charge in [0.15, 0.2) is 0 Å². The molecule has 3 amide bonds. The maximum atomic E-state index is 13.7. The molecule has 9 heteroatoms. The maximum absolute atomic E-state index is 13.7. The van der Waals surface area contributed by atoms with Crippen LogP contribution in [0, 0.1) is 11.8 Å². The number of imide groups is 1. The van der Waals surface area contributed by atoms with Gasteiger partial charge in [-0.05, 0) is 30.2 Å². The van der Waals surface area contributed by atoms with E-state index in [-0.39, 0.29) is 19.4 Å². The van der Waals surface area contributed by atoms with Crippen LogP contribution in [-0.2, 0) is 31.3 Å². The Morgan fingerprint density at radius 1 is 1.09 bits per heavy atom. The van der Waals surface area contributed by atoms with Crippen LogP contribution in [0.4, 0.5) is 5.69 Å². The average Bonchev–Trinajstić information content (AvgIpc) is 3.39. The molecule has 3 heterocycles. The molecule has 0 aromatic heterocycles. The highest BCUT2D eigenvalue weighted by Crippen LogP contribution is 2.53. The van der Waals surface area contributed by atoms with Crippen LogP contribution in [0.25, 0.3) is 0 Å². The smallest absolute Gasteiger partial charge is 0.303 e. The zero-order chi connectivity index (χ0) is 23.3. The lowest BCUT2D eigenvalue weighted by Crippen LogP contribution is -2.53. The van der Waals surface area contributed by atoms with Crippen LogP contribution in [0.2, 0.25) is 0 Å². The van der Waals surface area contributed by atoms with Crippen LogP contribution in [-0.4, -0.2) is 46.8 Å². The normalized spacial score (nSPS) is 27.6. The second kappa shape index (κ2) is 7.70. The molecule has 3 N–H and O–H groups in total. The van der Waals surface area contributed by atoms with E-state index >= 15 is 0 Å². The van der Waals surface area contributed by atoms with Crippen molar-refractivity contribution >= 4 is 29.4 Å². The molecular weight excluding hydrogens is 426 g/mol. The van der Waals surface area contributed by atoms with E-state index in [2.05, 4.69) is 10.6 Å². The number of carboxylic acid groups (broad SMARTS) is 1. The third kappa shape index (κ3) is 3.11. The topological polar surface area (TPSA) is 125 Å². The van der Waals surface area contributed by atoms with Crippen LogP contribution in [0.3, 0.4) is 0 Å². The predicted octanol–water partition coefficient (Wildman–Crippen LogP) is 1.48. The van der Waals surface area contributed by atoms with Crippen molar-refractivity contribution in [2.45, 2.75) is 31.0 Å². The van der Waals surface area contributed by atoms with Crippen molar-refractivity contribution in [2.24, 2.45) is 11.8 Å². The molecule has 0 radical (unpaired) electrons. The van der Waals surface area contributed by atoms with Crippen molar-refractivity contribution < 1.29 is 29.0 Å². The van der Waals surface area contributed by atoms with Crippen LogP contribution in [0.5, 0.6) is 5.75 Å². The highest BCUT2D eigenvalue weighted by atomic mass is 16.5. The average molecular weight is 449 g/mol. The quantitative estimate of drug-likeness (QED) is 0.571. The molecule has 2 saturated heterocycles. The molecule has 33 heavy (non-hydrogen) atoms. The predicted molar refractivity (Wildman–Crippen MR) is 116 cm³/mol. The lowest BCUT2D eigenvalue weighted by Gasteiger charge is -2.29. The highest BCUT2D eigenvalue weighted by molar-refractivity contribution is 6.15. The number of hydrogen-bond acceptors (Lipinski definition) is 6. The summed E-state index contributed by atoms with van der Waals surface area (Å²) in [5, 5.41) is 15.3. The van der Waals surface area contributed by atoms with E-state index < -0.39 is 47.1 Å². The molecular formula is C24H23N3O6. The standard InChI is InChI=1S/C24H23N3O6/c1-33-14-8-6-13(7-9-14)12-27-21(30)19-17(10-11-18(28)29)26-24(20(19)22(27)31)15-4-2-3-5-16(15)25-23(24)32/h2-9,17,19-20,26H,10-12H2,1H3,(H,25,32)(H,28,29). The summed E-state index contributed by atoms with van der Waals surface area (Å²) in [5.41, 5.74) is 0.529. The van der Waals surface area contributed by atoms with Gasteiger partial charge in [-0.15, -0.1) is 0 Å². The Balaban J connectivity index is 1.54. The second-order valence-corrected chi connectivity index (χ2v) is 8.61. The van der Waals surface area contributed by atoms with Gasteiger partial charge in [0.05, 0.1) is 25.5 Å². The van der Waals surface area contributed by atoms with E-state index in [1.807, 2.05) is 0 Å². The lowest BCUT2D eigenvalue weighted by atomic mass is 9.76. The van der Waals surface area contributed by atoms with Gasteiger partial charge in [-0.3, -0.25) is 29.4 Å². The second-order valence-electron chi connectivity index (χ2n) is 8.61. The van der Waals surface area contributed by atoms with Crippen molar-refractivity contribution in [3.63, 3.8) is 0 Å². The van der Waals surface area contributed by atoms with E-state index in [1.165, 1.54) is 4.90 Å². The summed E-state index contributed by atoms with van der Waals surface area (Å²) < 4.78 is 5.16. The molecule has 4 atom stereocenters. The Morgan fingerprint density at radius 2 is 1.82 bits per heavy atom. The van der Waals surface area contributed by atoms with Crippen molar-refractivity contribution in [3.8, 4) is 5.75 Å². The summed E-state index contributed by atoms with van der Waals surface area (Å²) in [6.07, 6.45) is -0.0523. The van der Waals surface area contributed by atoms with Gasteiger partial charge in [-0.2, -0.15) is 0 Å². The van der Waals surface area contributed by atoms with Crippen LogP contribution >= 0.6 is 0 Å². The highest BCUT2D eigenvalue weighted by Gasteiger charge is 2.70. The molecule has 0 saturated carbocycles. The number of nitrogens with zero attached hydrogens (tertiary/aromatic N) is 1. The number of nitrogens with one attached hydrogen (secondary N) is 2. The van der Waals surface area contributed by atoms with Gasteiger partial charge < -0.3 is 15.2 Å². The number of methoxy groups -OCH3 is 1. The molecule has 4 unspecified atom stereocenters. The Morgan fingerprint density at radius 3 is 2.52 bits per heavy atom. The Labute approximate surface area is 189 Å². The number of anilines is 1. The van der Waals surface area contributed by atoms with Gasteiger partial charge in [0.25, 0.3) is 0 Å². The van der Waals surface area contributed by atoms with Crippen LogP contribution in [0.1, 0.15) is 24.0 Å². The van der Waals surface area contributed by atoms with Crippen molar-refractivity contribution in [1.82, 2.24) is 10.2 Å². The zero-order valence-electron chi connectivity index (χ0n) is 17.9. The van der Waals surface area contributed by atoms with Crippen molar-refractivity contribution in [3.05, 3.63) is 59.7 Å². The molecule has 2 fully saturated rings. The largest absolute Gasteiger partial charge is 0.497 e. The molecule has 3 aliphatic rings. The van der Waals surface area contributed by atoms with Crippen LogP contribution < -0.4 is 15.4 Å². The third-order valence-electron chi connectivity index (χ3n) is 6.88. The van der Waals surface area contributed by atoms with Crippen molar-refractivity contribution in [1.29, 1.82) is 0 Å². The number of carbonyl (C=O) groups excluding carboxylic acids is 3. The number of aliphatic carboxylic acids is 1. The summed E-state index contributed by atoms with van der Waals surface area (Å²) >= 11 is 0. The number of ether oxygens (including phenoxy) is 1. The van der Waals surface area contributed by atoms with E-state index in [4.69, 9.17) is 4.74 Å². The molecule has 0 bridgehead atoms. The summed E-state index contributed by atoms with van der Waals surface area (Å²) in [4.78, 5) is 52.9. The lowest BCUT2D eigenvalue weighted by molar-refractivity contribution is -0.144. The molecule has 170 valence electrons. The summed E-state index contributed by atoms with van der Waals surface area (Å²) in [5.74, 6) is -3.35. The number of fused-ring (bicyclic) bond motifs is 4. The first-order valence-electron chi connectivity index (χ1n) is 10.8. The molecule has 0 aliphatic carbocycles. The van der Waals surface area contributed by atoms with Gasteiger partial charge in [0.1, 0.15) is 11.3 Å². The number of benzene rings is 2. The van der Waals surface area contributed by atoms with Gasteiger partial charge in [0.2, 0.25) is 17.7 Å². The molecule has 2 aromatic carbocycles. The monoisotopic (exact) mass is 449 g/mol. The number of carbonyl (C=O) groups is 4. The maximum Gasteiger partial charge on any atom is 0.303 e. The van der Waals surface area contributed by atoms with E-state index in [9.17, 15) is 24.3 Å². The fourth-order valence-electron chi connectivity index (χ4n) is 5.41. The van der Waals surface area contributed by atoms with Gasteiger partial charge >= 0.3 is 5.97 Å². The zero-order valence-corrected chi connectivity index (χ0v) is 17.9. The molecule has 2 aromatic rings. The minimum Gasteiger partial charge on any atom is -0.497 e. The minimum absolute atomic E-state index is 0.0691. The summed E-state index contributed by atoms with van der Waals surface area (Å²) in [6.45, 7) is 0.0691. The number of para-hydroxylation sites is 1. The number of carboxylic acids is 1. The first kappa shape index (κ1) is 21.1. The van der Waals surface area contributed by atoms with Crippen molar-refractivity contribution in [2.75, 3.05) is 12.4 Å². The number of amides is 3. The summed E-state index contributed by atoms with van der Waals surface area (Å²) in [7, 11) is 1.55. The minimum atomic E-state index is -1.41. The Hall–Kier alpha value is -3.72. The molecule has 5 rings (SSSR count). The van der Waals surface area contributed by atoms with Gasteiger partial charge in [-0.1, -0.05) is 30.3 Å². The third-order valence-corrected chi connectivity index (χ3v) is 6.88. The number of rotatable bonds is 6. The Bertz CT molecular complexity index is 1160. The Kier molecular flexibility index (Phi) is 4.93. The fraction of sp³-hybridized carbons (Fsp3) is 0.333. The molecule has 9 nitrogen and oxygen atoms in total. The first-order chi connectivity index (χ1) is 15.9. The summed E-state index contributed by atoms with van der Waals surface area (Å²) in [6, 6.07) is 13.5. The number of likely N-dealkylation sites (tertiary alicyclic amines) is 1. The first-order valence-corrected chi connectivity index (χ1v) is 10.8. The molecule has 1 spiro atoms. The van der Waals surface area contributed by atoms with Crippen LogP contribution in [0.15, 0.2) is 48.5 Å². The van der Waals surface area contributed by atoms with Gasteiger partial charge in [0, 0.05) is 23.7 Å². The SMILES string of the molecule is COc1ccc(CN2C(=O)C3C(CCC(=O)O)NC4(C(=O)Nc5ccccc54)C3C2=O)cc1. The van der Waals surface area contributed by atoms with E-state index in [1.54, 1.807) is 55.6 Å². The van der Waals surface area contributed by atoms with E-state index in [0.29, 0.717) is 17.0 Å². The van der Waals surface area contributed by atoms with Gasteiger partial charge in [-0.25, -0.2) is 0 Å². The number of hydrogen-bond donors (Lipinski definition) is 3. The fourth-order valence-corrected chi connectivity index (χ4v) is 5.41. The van der Waals surface area contributed by atoms with E-state index in [0.717, 1.165) is 5.56 Å².